The third-order valence-electron chi connectivity index (χ3n) is 3.82. The van der Waals surface area contributed by atoms with Crippen molar-refractivity contribution in [3.05, 3.63) is 102 Å². The highest BCUT2D eigenvalue weighted by atomic mass is 16.1. The predicted molar refractivity (Wildman–Crippen MR) is 101 cm³/mol. The van der Waals surface area contributed by atoms with Crippen molar-refractivity contribution in [2.75, 3.05) is 5.32 Å². The van der Waals surface area contributed by atoms with Gasteiger partial charge in [0.05, 0.1) is 0 Å². The van der Waals surface area contributed by atoms with Crippen LogP contribution in [0, 0.1) is 0 Å². The van der Waals surface area contributed by atoms with Crippen LogP contribution < -0.4 is 5.32 Å². The second-order valence-corrected chi connectivity index (χ2v) is 5.60. The van der Waals surface area contributed by atoms with Crippen LogP contribution in [0.25, 0.3) is 11.6 Å². The third kappa shape index (κ3) is 3.79. The van der Waals surface area contributed by atoms with Gasteiger partial charge < -0.3 is 5.32 Å². The van der Waals surface area contributed by atoms with Crippen molar-refractivity contribution in [3.63, 3.8) is 0 Å². The van der Waals surface area contributed by atoms with Crippen molar-refractivity contribution in [3.8, 4) is 0 Å². The molecule has 3 rings (SSSR count). The summed E-state index contributed by atoms with van der Waals surface area (Å²) < 4.78 is 0. The van der Waals surface area contributed by atoms with E-state index in [0.717, 1.165) is 22.4 Å². The standard InChI is InChI=1S/C22H19NO/c1-17(16-18-10-4-2-5-11-18)20-14-8-9-15-21(20)23-22(24)19-12-6-3-7-13-19/h2-16H,1H3,(H,23,24)/b17-16+. The molecular weight excluding hydrogens is 294 g/mol. The predicted octanol–water partition coefficient (Wildman–Crippen LogP) is 5.50. The largest absolute Gasteiger partial charge is 0.321 e. The minimum absolute atomic E-state index is 0.101. The van der Waals surface area contributed by atoms with E-state index in [4.69, 9.17) is 0 Å². The molecule has 0 aliphatic rings. The minimum Gasteiger partial charge on any atom is -0.321 e. The van der Waals surface area contributed by atoms with E-state index in [1.165, 1.54) is 0 Å². The molecule has 0 atom stereocenters. The summed E-state index contributed by atoms with van der Waals surface area (Å²) in [6, 6.07) is 27.3. The van der Waals surface area contributed by atoms with Crippen LogP contribution in [0.5, 0.6) is 0 Å². The average Bonchev–Trinajstić information content (AvgIpc) is 2.63. The molecular formula is C22H19NO. The fraction of sp³-hybridized carbons (Fsp3) is 0.0455. The van der Waals surface area contributed by atoms with Gasteiger partial charge in [0, 0.05) is 16.8 Å². The van der Waals surface area contributed by atoms with Gasteiger partial charge in [0.2, 0.25) is 0 Å². The van der Waals surface area contributed by atoms with Gasteiger partial charge in [-0.05, 0) is 36.3 Å². The van der Waals surface area contributed by atoms with Crippen LogP contribution in [0.2, 0.25) is 0 Å². The number of carbonyl (C=O) groups excluding carboxylic acids is 1. The Balaban J connectivity index is 1.88. The number of anilines is 1. The fourth-order valence-corrected chi connectivity index (χ4v) is 2.60. The minimum atomic E-state index is -0.101. The van der Waals surface area contributed by atoms with Crippen molar-refractivity contribution in [1.82, 2.24) is 0 Å². The van der Waals surface area contributed by atoms with Gasteiger partial charge in [-0.15, -0.1) is 0 Å². The van der Waals surface area contributed by atoms with E-state index in [2.05, 4.69) is 30.4 Å². The molecule has 2 nitrogen and oxygen atoms in total. The second-order valence-electron chi connectivity index (χ2n) is 5.60. The Labute approximate surface area is 142 Å². The summed E-state index contributed by atoms with van der Waals surface area (Å²) in [5.74, 6) is -0.101. The number of amides is 1. The Hall–Kier alpha value is -3.13. The first kappa shape index (κ1) is 15.8. The van der Waals surface area contributed by atoms with Crippen molar-refractivity contribution in [2.24, 2.45) is 0 Å². The maximum absolute atomic E-state index is 12.4. The lowest BCUT2D eigenvalue weighted by Crippen LogP contribution is -2.12. The van der Waals surface area contributed by atoms with E-state index >= 15 is 0 Å². The number of hydrogen-bond donors (Lipinski definition) is 1. The third-order valence-corrected chi connectivity index (χ3v) is 3.82. The van der Waals surface area contributed by atoms with Gasteiger partial charge in [-0.3, -0.25) is 4.79 Å². The van der Waals surface area contributed by atoms with E-state index in [0.29, 0.717) is 5.56 Å². The highest BCUT2D eigenvalue weighted by molar-refractivity contribution is 6.06. The Kier molecular flexibility index (Phi) is 4.87. The molecule has 1 N–H and O–H groups in total. The number of rotatable bonds is 4. The number of para-hydroxylation sites is 1. The Bertz CT molecular complexity index is 851. The average molecular weight is 313 g/mol. The maximum atomic E-state index is 12.4. The zero-order chi connectivity index (χ0) is 16.8. The molecule has 0 unspecified atom stereocenters. The molecule has 2 heteroatoms. The summed E-state index contributed by atoms with van der Waals surface area (Å²) in [5, 5.41) is 3.01. The van der Waals surface area contributed by atoms with Gasteiger partial charge in [-0.1, -0.05) is 72.8 Å². The number of carbonyl (C=O) groups is 1. The van der Waals surface area contributed by atoms with E-state index < -0.39 is 0 Å². The molecule has 0 aliphatic heterocycles. The molecule has 0 heterocycles. The molecule has 0 aliphatic carbocycles. The van der Waals surface area contributed by atoms with E-state index in [1.54, 1.807) is 0 Å². The first-order valence-electron chi connectivity index (χ1n) is 7.93. The van der Waals surface area contributed by atoms with Crippen molar-refractivity contribution < 1.29 is 4.79 Å². The zero-order valence-corrected chi connectivity index (χ0v) is 13.6. The summed E-state index contributed by atoms with van der Waals surface area (Å²) in [6.07, 6.45) is 2.12. The molecule has 0 saturated carbocycles. The van der Waals surface area contributed by atoms with E-state index in [9.17, 15) is 4.79 Å². The van der Waals surface area contributed by atoms with Gasteiger partial charge in [0.1, 0.15) is 0 Å². The topological polar surface area (TPSA) is 29.1 Å². The number of nitrogens with one attached hydrogen (secondary N) is 1. The SMILES string of the molecule is C/C(=C\c1ccccc1)c1ccccc1NC(=O)c1ccccc1. The Morgan fingerprint density at radius 1 is 0.792 bits per heavy atom. The fourth-order valence-electron chi connectivity index (χ4n) is 2.60. The molecule has 3 aromatic rings. The Morgan fingerprint density at radius 2 is 1.38 bits per heavy atom. The lowest BCUT2D eigenvalue weighted by Gasteiger charge is -2.12. The smallest absolute Gasteiger partial charge is 0.255 e. The summed E-state index contributed by atoms with van der Waals surface area (Å²) in [6.45, 7) is 2.06. The summed E-state index contributed by atoms with van der Waals surface area (Å²) in [7, 11) is 0. The van der Waals surface area contributed by atoms with Gasteiger partial charge in [0.15, 0.2) is 0 Å². The van der Waals surface area contributed by atoms with Crippen molar-refractivity contribution in [2.45, 2.75) is 6.92 Å². The van der Waals surface area contributed by atoms with Crippen LogP contribution in [0.1, 0.15) is 28.4 Å². The molecule has 0 spiro atoms. The van der Waals surface area contributed by atoms with Gasteiger partial charge >= 0.3 is 0 Å². The quantitative estimate of drug-likeness (QED) is 0.633. The van der Waals surface area contributed by atoms with Crippen LogP contribution in [-0.2, 0) is 0 Å². The Morgan fingerprint density at radius 3 is 2.08 bits per heavy atom. The van der Waals surface area contributed by atoms with Crippen molar-refractivity contribution >= 4 is 23.2 Å². The maximum Gasteiger partial charge on any atom is 0.255 e. The number of hydrogen-bond acceptors (Lipinski definition) is 1. The number of benzene rings is 3. The first-order chi connectivity index (χ1) is 11.7. The molecule has 24 heavy (non-hydrogen) atoms. The molecule has 0 aromatic heterocycles. The first-order valence-corrected chi connectivity index (χ1v) is 7.93. The molecule has 0 bridgehead atoms. The lowest BCUT2D eigenvalue weighted by molar-refractivity contribution is 0.102. The summed E-state index contributed by atoms with van der Waals surface area (Å²) in [5.41, 5.74) is 4.73. The molecule has 0 fully saturated rings. The molecule has 0 radical (unpaired) electrons. The summed E-state index contributed by atoms with van der Waals surface area (Å²) in [4.78, 5) is 12.4. The monoisotopic (exact) mass is 313 g/mol. The highest BCUT2D eigenvalue weighted by Crippen LogP contribution is 2.25. The normalized spacial score (nSPS) is 11.1. The van der Waals surface area contributed by atoms with Gasteiger partial charge in [-0.25, -0.2) is 0 Å². The van der Waals surface area contributed by atoms with Gasteiger partial charge in [0.25, 0.3) is 5.91 Å². The van der Waals surface area contributed by atoms with Crippen LogP contribution in [-0.4, -0.2) is 5.91 Å². The second kappa shape index (κ2) is 7.42. The van der Waals surface area contributed by atoms with Crippen LogP contribution >= 0.6 is 0 Å². The van der Waals surface area contributed by atoms with Crippen LogP contribution in [0.3, 0.4) is 0 Å². The zero-order valence-electron chi connectivity index (χ0n) is 13.6. The highest BCUT2D eigenvalue weighted by Gasteiger charge is 2.09. The molecule has 0 saturated heterocycles. The van der Waals surface area contributed by atoms with Crippen LogP contribution in [0.15, 0.2) is 84.9 Å². The van der Waals surface area contributed by atoms with E-state index in [1.807, 2.05) is 72.8 Å². The molecule has 118 valence electrons. The van der Waals surface area contributed by atoms with Crippen molar-refractivity contribution in [1.29, 1.82) is 0 Å². The summed E-state index contributed by atoms with van der Waals surface area (Å²) >= 11 is 0. The van der Waals surface area contributed by atoms with E-state index in [-0.39, 0.29) is 5.91 Å². The molecule has 3 aromatic carbocycles. The number of allylic oxidation sites excluding steroid dienone is 1. The molecule has 1 amide bonds. The van der Waals surface area contributed by atoms with Crippen LogP contribution in [0.4, 0.5) is 5.69 Å². The lowest BCUT2D eigenvalue weighted by atomic mass is 10.0. The van der Waals surface area contributed by atoms with Gasteiger partial charge in [-0.2, -0.15) is 0 Å².